The number of rotatable bonds is 6. The second-order valence-electron chi connectivity index (χ2n) is 5.77. The first-order chi connectivity index (χ1) is 11.8. The molecule has 128 valence electrons. The number of hydrogen-bond donors (Lipinski definition) is 2. The minimum atomic E-state index is -0.135. The smallest absolute Gasteiger partial charge is 0.315 e. The predicted molar refractivity (Wildman–Crippen MR) is 95.9 cm³/mol. The van der Waals surface area contributed by atoms with Gasteiger partial charge in [0.25, 0.3) is 0 Å². The zero-order chi connectivity index (χ0) is 16.6. The molecule has 0 radical (unpaired) electrons. The molecule has 1 aliphatic heterocycles. The molecule has 2 amide bonds. The van der Waals surface area contributed by atoms with Gasteiger partial charge in [-0.1, -0.05) is 30.3 Å². The van der Waals surface area contributed by atoms with Gasteiger partial charge in [-0.05, 0) is 22.6 Å². The molecular formula is C18H23N3O2S. The summed E-state index contributed by atoms with van der Waals surface area (Å²) in [5.74, 6) is 0. The van der Waals surface area contributed by atoms with Crippen LogP contribution in [0.4, 0.5) is 4.79 Å². The maximum absolute atomic E-state index is 12.0. The van der Waals surface area contributed by atoms with Crippen LogP contribution in [-0.2, 0) is 24.4 Å². The molecule has 0 spiro atoms. The molecule has 3 rings (SSSR count). The van der Waals surface area contributed by atoms with E-state index in [1.807, 2.05) is 23.6 Å². The third-order valence-corrected chi connectivity index (χ3v) is 4.94. The number of amides is 2. The molecule has 5 nitrogen and oxygen atoms in total. The van der Waals surface area contributed by atoms with Gasteiger partial charge in [0, 0.05) is 31.1 Å². The molecule has 1 aromatic heterocycles. The SMILES string of the molecule is O=C(NCc1cccs1)NCc1ccccc1CN1CCOCC1. The molecule has 6 heteroatoms. The lowest BCUT2D eigenvalue weighted by Gasteiger charge is -2.27. The van der Waals surface area contributed by atoms with Crippen molar-refractivity contribution in [3.8, 4) is 0 Å². The Balaban J connectivity index is 1.49. The molecule has 2 N–H and O–H groups in total. The van der Waals surface area contributed by atoms with Crippen molar-refractivity contribution in [2.24, 2.45) is 0 Å². The number of hydrogen-bond acceptors (Lipinski definition) is 4. The minimum absolute atomic E-state index is 0.135. The third kappa shape index (κ3) is 5.06. The van der Waals surface area contributed by atoms with Crippen LogP contribution in [0.15, 0.2) is 41.8 Å². The maximum Gasteiger partial charge on any atom is 0.315 e. The van der Waals surface area contributed by atoms with Crippen LogP contribution in [0.1, 0.15) is 16.0 Å². The number of nitrogens with one attached hydrogen (secondary N) is 2. The van der Waals surface area contributed by atoms with E-state index in [0.29, 0.717) is 13.1 Å². The summed E-state index contributed by atoms with van der Waals surface area (Å²) >= 11 is 1.64. The van der Waals surface area contributed by atoms with E-state index < -0.39 is 0 Å². The van der Waals surface area contributed by atoms with Crippen LogP contribution in [0.25, 0.3) is 0 Å². The van der Waals surface area contributed by atoms with Crippen molar-refractivity contribution >= 4 is 17.4 Å². The van der Waals surface area contributed by atoms with Gasteiger partial charge in [-0.2, -0.15) is 0 Å². The van der Waals surface area contributed by atoms with Crippen molar-refractivity contribution in [3.63, 3.8) is 0 Å². The van der Waals surface area contributed by atoms with Crippen molar-refractivity contribution < 1.29 is 9.53 Å². The molecule has 1 fully saturated rings. The highest BCUT2D eigenvalue weighted by molar-refractivity contribution is 7.09. The summed E-state index contributed by atoms with van der Waals surface area (Å²) in [7, 11) is 0. The van der Waals surface area contributed by atoms with Gasteiger partial charge in [0.1, 0.15) is 0 Å². The fourth-order valence-electron chi connectivity index (χ4n) is 2.70. The lowest BCUT2D eigenvalue weighted by atomic mass is 10.1. The van der Waals surface area contributed by atoms with Crippen LogP contribution in [-0.4, -0.2) is 37.2 Å². The first kappa shape index (κ1) is 17.0. The van der Waals surface area contributed by atoms with E-state index in [9.17, 15) is 4.79 Å². The number of carbonyl (C=O) groups is 1. The Bertz CT molecular complexity index is 639. The molecule has 0 atom stereocenters. The van der Waals surface area contributed by atoms with Gasteiger partial charge in [0.15, 0.2) is 0 Å². The molecule has 0 unspecified atom stereocenters. The molecular weight excluding hydrogens is 322 g/mol. The van der Waals surface area contributed by atoms with E-state index in [1.54, 1.807) is 11.3 Å². The molecule has 1 saturated heterocycles. The Hall–Kier alpha value is -1.89. The fraction of sp³-hybridized carbons (Fsp3) is 0.389. The van der Waals surface area contributed by atoms with Crippen molar-refractivity contribution in [2.45, 2.75) is 19.6 Å². The minimum Gasteiger partial charge on any atom is -0.379 e. The van der Waals surface area contributed by atoms with E-state index in [2.05, 4.69) is 33.7 Å². The lowest BCUT2D eigenvalue weighted by molar-refractivity contribution is 0.0341. The van der Waals surface area contributed by atoms with Gasteiger partial charge in [0.05, 0.1) is 19.8 Å². The molecule has 2 heterocycles. The molecule has 1 aliphatic rings. The normalized spacial score (nSPS) is 15.2. The molecule has 0 bridgehead atoms. The molecule has 2 aromatic rings. The number of morpholine rings is 1. The Morgan fingerprint density at radius 2 is 1.79 bits per heavy atom. The van der Waals surface area contributed by atoms with Crippen LogP contribution < -0.4 is 10.6 Å². The summed E-state index contributed by atoms with van der Waals surface area (Å²) in [5, 5.41) is 7.85. The van der Waals surface area contributed by atoms with Gasteiger partial charge < -0.3 is 15.4 Å². The number of benzene rings is 1. The molecule has 0 saturated carbocycles. The number of carbonyl (C=O) groups excluding carboxylic acids is 1. The van der Waals surface area contributed by atoms with Crippen LogP contribution in [0.3, 0.4) is 0 Å². The highest BCUT2D eigenvalue weighted by Gasteiger charge is 2.13. The third-order valence-electron chi connectivity index (χ3n) is 4.06. The summed E-state index contributed by atoms with van der Waals surface area (Å²) in [6, 6.07) is 12.2. The molecule has 24 heavy (non-hydrogen) atoms. The highest BCUT2D eigenvalue weighted by atomic mass is 32.1. The zero-order valence-electron chi connectivity index (χ0n) is 13.7. The predicted octanol–water partition coefficient (Wildman–Crippen LogP) is 2.58. The van der Waals surface area contributed by atoms with Gasteiger partial charge in [-0.25, -0.2) is 4.79 Å². The van der Waals surface area contributed by atoms with Crippen LogP contribution in [0, 0.1) is 0 Å². The van der Waals surface area contributed by atoms with E-state index in [4.69, 9.17) is 4.74 Å². The van der Waals surface area contributed by atoms with Crippen molar-refractivity contribution in [2.75, 3.05) is 26.3 Å². The summed E-state index contributed by atoms with van der Waals surface area (Å²) in [5.41, 5.74) is 2.42. The molecule has 1 aromatic carbocycles. The first-order valence-electron chi connectivity index (χ1n) is 8.22. The Kier molecular flexibility index (Phi) is 6.23. The van der Waals surface area contributed by atoms with E-state index in [1.165, 1.54) is 5.56 Å². The van der Waals surface area contributed by atoms with E-state index in [-0.39, 0.29) is 6.03 Å². The topological polar surface area (TPSA) is 53.6 Å². The molecule has 0 aliphatic carbocycles. The average Bonchev–Trinajstić information content (AvgIpc) is 3.14. The summed E-state index contributed by atoms with van der Waals surface area (Å²) in [6.45, 7) is 5.52. The second-order valence-corrected chi connectivity index (χ2v) is 6.81. The fourth-order valence-corrected chi connectivity index (χ4v) is 3.35. The quantitative estimate of drug-likeness (QED) is 0.846. The van der Waals surface area contributed by atoms with Crippen molar-refractivity contribution in [1.82, 2.24) is 15.5 Å². The van der Waals surface area contributed by atoms with Crippen molar-refractivity contribution in [3.05, 3.63) is 57.8 Å². The van der Waals surface area contributed by atoms with Crippen LogP contribution >= 0.6 is 11.3 Å². The number of thiophene rings is 1. The van der Waals surface area contributed by atoms with Crippen LogP contribution in [0.2, 0.25) is 0 Å². The van der Waals surface area contributed by atoms with E-state index >= 15 is 0 Å². The Labute approximate surface area is 146 Å². The Morgan fingerprint density at radius 1 is 1.04 bits per heavy atom. The van der Waals surface area contributed by atoms with Crippen LogP contribution in [0.5, 0.6) is 0 Å². The Morgan fingerprint density at radius 3 is 2.54 bits per heavy atom. The van der Waals surface area contributed by atoms with Gasteiger partial charge in [0.2, 0.25) is 0 Å². The highest BCUT2D eigenvalue weighted by Crippen LogP contribution is 2.13. The van der Waals surface area contributed by atoms with E-state index in [0.717, 1.165) is 43.3 Å². The second kappa shape index (κ2) is 8.82. The monoisotopic (exact) mass is 345 g/mol. The number of nitrogens with zero attached hydrogens (tertiary/aromatic N) is 1. The summed E-state index contributed by atoms with van der Waals surface area (Å²) in [6.07, 6.45) is 0. The van der Waals surface area contributed by atoms with Gasteiger partial charge in [-0.3, -0.25) is 4.90 Å². The van der Waals surface area contributed by atoms with Gasteiger partial charge >= 0.3 is 6.03 Å². The number of urea groups is 1. The van der Waals surface area contributed by atoms with Gasteiger partial charge in [-0.15, -0.1) is 11.3 Å². The summed E-state index contributed by atoms with van der Waals surface area (Å²) < 4.78 is 5.40. The first-order valence-corrected chi connectivity index (χ1v) is 9.10. The largest absolute Gasteiger partial charge is 0.379 e. The maximum atomic E-state index is 12.0. The summed E-state index contributed by atoms with van der Waals surface area (Å²) in [4.78, 5) is 15.5. The van der Waals surface area contributed by atoms with Crippen molar-refractivity contribution in [1.29, 1.82) is 0 Å². The standard InChI is InChI=1S/C18H23N3O2S/c22-18(20-13-17-6-3-11-24-17)19-12-15-4-1-2-5-16(15)14-21-7-9-23-10-8-21/h1-6,11H,7-10,12-14H2,(H2,19,20,22). The zero-order valence-corrected chi connectivity index (χ0v) is 14.5. The average molecular weight is 345 g/mol. The number of ether oxygens (including phenoxy) is 1. The lowest BCUT2D eigenvalue weighted by Crippen LogP contribution is -2.37.